The van der Waals surface area contributed by atoms with Crippen LogP contribution < -0.4 is 9.47 Å². The summed E-state index contributed by atoms with van der Waals surface area (Å²) in [5, 5.41) is 0. The fraction of sp³-hybridized carbons (Fsp3) is 0.321. The molecule has 0 aliphatic rings. The average Bonchev–Trinajstić information content (AvgIpc) is 2.81. The molecule has 0 radical (unpaired) electrons. The molecule has 0 saturated carbocycles. The lowest BCUT2D eigenvalue weighted by atomic mass is 10.0. The minimum absolute atomic E-state index is 0.193. The van der Waals surface area contributed by atoms with E-state index < -0.39 is 11.8 Å². The number of hydrogen-bond donors (Lipinski definition) is 0. The van der Waals surface area contributed by atoms with Crippen molar-refractivity contribution in [3.05, 3.63) is 83.7 Å². The fourth-order valence-corrected chi connectivity index (χ4v) is 3.42. The van der Waals surface area contributed by atoms with E-state index >= 15 is 0 Å². The third-order valence-corrected chi connectivity index (χ3v) is 5.43. The van der Waals surface area contributed by atoms with Crippen molar-refractivity contribution >= 4 is 5.97 Å². The molecule has 4 heteroatoms. The molecule has 0 aliphatic carbocycles. The summed E-state index contributed by atoms with van der Waals surface area (Å²) in [6, 6.07) is 19.5. The molecule has 168 valence electrons. The minimum atomic E-state index is -0.516. The fourth-order valence-electron chi connectivity index (χ4n) is 3.42. The number of benzene rings is 3. The summed E-state index contributed by atoms with van der Waals surface area (Å²) in [7, 11) is 0. The van der Waals surface area contributed by atoms with Gasteiger partial charge in [0.1, 0.15) is 17.3 Å². The summed E-state index contributed by atoms with van der Waals surface area (Å²) in [4.78, 5) is 12.3. The maximum Gasteiger partial charge on any atom is 0.343 e. The summed E-state index contributed by atoms with van der Waals surface area (Å²) in [5.41, 5.74) is 2.95. The molecule has 0 atom stereocenters. The lowest BCUT2D eigenvalue weighted by Crippen LogP contribution is -2.08. The predicted molar refractivity (Wildman–Crippen MR) is 127 cm³/mol. The van der Waals surface area contributed by atoms with Crippen molar-refractivity contribution in [2.24, 2.45) is 0 Å². The van der Waals surface area contributed by atoms with Crippen LogP contribution in [0.1, 0.15) is 61.4 Å². The summed E-state index contributed by atoms with van der Waals surface area (Å²) in [5.74, 6) is 0.148. The monoisotopic (exact) mass is 434 g/mol. The van der Waals surface area contributed by atoms with Crippen LogP contribution in [-0.2, 0) is 0 Å². The number of aryl methyl sites for hydroxylation is 1. The van der Waals surface area contributed by atoms with Gasteiger partial charge in [0.2, 0.25) is 0 Å². The minimum Gasteiger partial charge on any atom is -0.494 e. The molecule has 0 fully saturated rings. The van der Waals surface area contributed by atoms with Crippen molar-refractivity contribution < 1.29 is 18.7 Å². The Bertz CT molecular complexity index is 994. The lowest BCUT2D eigenvalue weighted by molar-refractivity contribution is 0.0734. The van der Waals surface area contributed by atoms with Gasteiger partial charge in [0.15, 0.2) is 0 Å². The molecule has 0 spiro atoms. The molecule has 0 unspecified atom stereocenters. The zero-order valence-corrected chi connectivity index (χ0v) is 18.9. The number of hydrogen-bond acceptors (Lipinski definition) is 3. The summed E-state index contributed by atoms with van der Waals surface area (Å²) < 4.78 is 24.8. The van der Waals surface area contributed by atoms with E-state index in [-0.39, 0.29) is 5.75 Å². The van der Waals surface area contributed by atoms with Gasteiger partial charge in [-0.1, -0.05) is 69.4 Å². The molecular formula is C28H31FO3. The number of rotatable bonds is 11. The molecule has 3 nitrogen and oxygen atoms in total. The van der Waals surface area contributed by atoms with Crippen LogP contribution in [0.3, 0.4) is 0 Å². The highest BCUT2D eigenvalue weighted by molar-refractivity contribution is 5.91. The van der Waals surface area contributed by atoms with Crippen LogP contribution in [0.5, 0.6) is 11.5 Å². The van der Waals surface area contributed by atoms with Gasteiger partial charge in [-0.25, -0.2) is 9.18 Å². The molecule has 0 aromatic heterocycles. The summed E-state index contributed by atoms with van der Waals surface area (Å²) in [6.07, 6.45) is 7.47. The van der Waals surface area contributed by atoms with Gasteiger partial charge in [-0.3, -0.25) is 0 Å². The largest absolute Gasteiger partial charge is 0.494 e. The zero-order chi connectivity index (χ0) is 22.8. The van der Waals surface area contributed by atoms with Crippen molar-refractivity contribution in [2.75, 3.05) is 6.61 Å². The van der Waals surface area contributed by atoms with Gasteiger partial charge < -0.3 is 9.47 Å². The van der Waals surface area contributed by atoms with E-state index in [1.807, 2.05) is 36.4 Å². The second kappa shape index (κ2) is 12.0. The Labute approximate surface area is 190 Å². The first-order chi connectivity index (χ1) is 15.6. The zero-order valence-electron chi connectivity index (χ0n) is 18.9. The van der Waals surface area contributed by atoms with Crippen molar-refractivity contribution in [1.29, 1.82) is 0 Å². The van der Waals surface area contributed by atoms with Crippen LogP contribution >= 0.6 is 0 Å². The maximum absolute atomic E-state index is 13.6. The molecule has 0 heterocycles. The number of halogens is 1. The van der Waals surface area contributed by atoms with Gasteiger partial charge in [-0.2, -0.15) is 0 Å². The smallest absolute Gasteiger partial charge is 0.343 e. The maximum atomic E-state index is 13.6. The van der Waals surface area contributed by atoms with Crippen LogP contribution in [0, 0.1) is 12.7 Å². The Balaban J connectivity index is 1.50. The molecule has 32 heavy (non-hydrogen) atoms. The molecule has 0 saturated heterocycles. The third kappa shape index (κ3) is 6.94. The summed E-state index contributed by atoms with van der Waals surface area (Å²) >= 11 is 0. The van der Waals surface area contributed by atoms with Crippen LogP contribution in [-0.4, -0.2) is 12.6 Å². The van der Waals surface area contributed by atoms with Crippen LogP contribution in [0.2, 0.25) is 0 Å². The van der Waals surface area contributed by atoms with Gasteiger partial charge in [0.05, 0.1) is 12.2 Å². The first kappa shape index (κ1) is 23.5. The van der Waals surface area contributed by atoms with Gasteiger partial charge in [0, 0.05) is 6.07 Å². The van der Waals surface area contributed by atoms with Crippen molar-refractivity contribution in [2.45, 2.75) is 52.4 Å². The van der Waals surface area contributed by atoms with Crippen molar-refractivity contribution in [3.8, 4) is 22.6 Å². The van der Waals surface area contributed by atoms with Crippen LogP contribution in [0.25, 0.3) is 11.1 Å². The van der Waals surface area contributed by atoms with Gasteiger partial charge in [0.25, 0.3) is 0 Å². The Morgan fingerprint density at radius 1 is 0.781 bits per heavy atom. The normalized spacial score (nSPS) is 10.7. The highest BCUT2D eigenvalue weighted by atomic mass is 19.1. The van der Waals surface area contributed by atoms with E-state index in [0.29, 0.717) is 11.1 Å². The van der Waals surface area contributed by atoms with E-state index in [9.17, 15) is 9.18 Å². The molecule has 0 amide bonds. The van der Waals surface area contributed by atoms with Crippen LogP contribution in [0.15, 0.2) is 66.7 Å². The predicted octanol–water partition coefficient (Wildman–Crippen LogP) is 7.76. The van der Waals surface area contributed by atoms with E-state index in [2.05, 4.69) is 6.92 Å². The Hall–Kier alpha value is -3.14. The molecule has 3 aromatic rings. The van der Waals surface area contributed by atoms with E-state index in [0.717, 1.165) is 29.9 Å². The highest BCUT2D eigenvalue weighted by Gasteiger charge is 2.10. The Morgan fingerprint density at radius 3 is 2.03 bits per heavy atom. The molecule has 0 N–H and O–H groups in total. The SMILES string of the molecule is CCCCCCCCOc1ccc(-c2ccc(C(=O)Oc3ccc(C)c(F)c3)cc2)cc1. The van der Waals surface area contributed by atoms with Crippen LogP contribution in [0.4, 0.5) is 4.39 Å². The second-order valence-electron chi connectivity index (χ2n) is 8.02. The van der Waals surface area contributed by atoms with Gasteiger partial charge in [-0.05, 0) is 60.4 Å². The average molecular weight is 435 g/mol. The molecule has 0 bridgehead atoms. The first-order valence-electron chi connectivity index (χ1n) is 11.4. The number of esters is 1. The number of unbranched alkanes of at least 4 members (excludes halogenated alkanes) is 5. The van der Waals surface area contributed by atoms with Crippen molar-refractivity contribution in [3.63, 3.8) is 0 Å². The first-order valence-corrected chi connectivity index (χ1v) is 11.4. The molecular weight excluding hydrogens is 403 g/mol. The number of carbonyl (C=O) groups excluding carboxylic acids is 1. The quantitative estimate of drug-likeness (QED) is 0.176. The highest BCUT2D eigenvalue weighted by Crippen LogP contribution is 2.24. The topological polar surface area (TPSA) is 35.5 Å². The standard InChI is InChI=1S/C28H31FO3/c1-3-4-5-6-7-8-19-31-25-17-14-23(15-18-25)22-10-12-24(13-11-22)28(30)32-26-16-9-21(2)27(29)20-26/h9-18,20H,3-8,19H2,1-2H3. The number of ether oxygens (including phenoxy) is 2. The Morgan fingerprint density at radius 2 is 1.38 bits per heavy atom. The molecule has 3 aromatic carbocycles. The third-order valence-electron chi connectivity index (χ3n) is 5.43. The Kier molecular flexibility index (Phi) is 8.85. The van der Waals surface area contributed by atoms with Gasteiger partial charge in [-0.15, -0.1) is 0 Å². The molecule has 0 aliphatic heterocycles. The van der Waals surface area contributed by atoms with Gasteiger partial charge >= 0.3 is 5.97 Å². The van der Waals surface area contributed by atoms with Crippen molar-refractivity contribution in [1.82, 2.24) is 0 Å². The summed E-state index contributed by atoms with van der Waals surface area (Å²) in [6.45, 7) is 4.63. The lowest BCUT2D eigenvalue weighted by Gasteiger charge is -2.09. The van der Waals surface area contributed by atoms with E-state index in [4.69, 9.17) is 9.47 Å². The second-order valence-corrected chi connectivity index (χ2v) is 8.02. The molecule has 3 rings (SSSR count). The number of carbonyl (C=O) groups is 1. The van der Waals surface area contributed by atoms with E-state index in [1.165, 1.54) is 38.2 Å². The van der Waals surface area contributed by atoms with E-state index in [1.54, 1.807) is 31.2 Å².